The first-order chi connectivity index (χ1) is 12.0. The Hall–Kier alpha value is -2.44. The van der Waals surface area contributed by atoms with E-state index in [-0.39, 0.29) is 28.0 Å². The second-order valence-electron chi connectivity index (χ2n) is 5.39. The highest BCUT2D eigenvalue weighted by Gasteiger charge is 2.38. The molecule has 0 bridgehead atoms. The monoisotopic (exact) mass is 378 g/mol. The van der Waals surface area contributed by atoms with E-state index in [0.29, 0.717) is 17.0 Å². The topological polar surface area (TPSA) is 65.2 Å². The van der Waals surface area contributed by atoms with Crippen molar-refractivity contribution in [2.24, 2.45) is 0 Å². The molecule has 0 aliphatic carbocycles. The molecule has 8 heteroatoms. The molecule has 1 aliphatic heterocycles. The summed E-state index contributed by atoms with van der Waals surface area (Å²) < 4.78 is 24.8. The van der Waals surface area contributed by atoms with Gasteiger partial charge in [-0.05, 0) is 35.4 Å². The van der Waals surface area contributed by atoms with E-state index in [1.165, 1.54) is 12.3 Å². The summed E-state index contributed by atoms with van der Waals surface area (Å²) in [6, 6.07) is 7.96. The lowest BCUT2D eigenvalue weighted by atomic mass is 10.0. The van der Waals surface area contributed by atoms with Gasteiger partial charge in [-0.2, -0.15) is 0 Å². The fourth-order valence-corrected chi connectivity index (χ4v) is 3.13. The lowest BCUT2D eigenvalue weighted by Crippen LogP contribution is -2.06. The maximum absolute atomic E-state index is 14.2. The van der Waals surface area contributed by atoms with E-state index in [4.69, 9.17) is 32.4 Å². The predicted octanol–water partition coefficient (Wildman–Crippen LogP) is 4.64. The van der Waals surface area contributed by atoms with Crippen molar-refractivity contribution in [3.8, 4) is 11.5 Å². The molecule has 4 rings (SSSR count). The van der Waals surface area contributed by atoms with E-state index in [1.807, 2.05) is 0 Å². The summed E-state index contributed by atoms with van der Waals surface area (Å²) in [5.74, 6) is -0.794. The number of halogens is 3. The third-order valence-electron chi connectivity index (χ3n) is 3.86. The number of nitrogens with zero attached hydrogens (tertiary/aromatic N) is 2. The minimum Gasteiger partial charge on any atom is -0.463 e. The Kier molecular flexibility index (Phi) is 3.94. The molecule has 1 atom stereocenters. The maximum atomic E-state index is 14.2. The van der Waals surface area contributed by atoms with Crippen LogP contribution in [0.1, 0.15) is 27.7 Å². The fourth-order valence-electron chi connectivity index (χ4n) is 2.76. The standard InChI is InChI=1S/C17H9Cl2FN2O3/c18-9-4-1-3-8(13(9)20)7-11-15-12(16(23)25-11)14(21-17(19)22-15)10-5-2-6-24-10/h1-6,11H,7H2. The van der Waals surface area contributed by atoms with E-state index in [9.17, 15) is 9.18 Å². The summed E-state index contributed by atoms with van der Waals surface area (Å²) >= 11 is 11.8. The molecule has 0 radical (unpaired) electrons. The molecule has 0 fully saturated rings. The Bertz CT molecular complexity index is 976. The van der Waals surface area contributed by atoms with Gasteiger partial charge in [0.2, 0.25) is 5.28 Å². The number of carbonyl (C=O) groups is 1. The Balaban J connectivity index is 1.79. The van der Waals surface area contributed by atoms with Gasteiger partial charge < -0.3 is 9.15 Å². The van der Waals surface area contributed by atoms with Gasteiger partial charge in [0.25, 0.3) is 0 Å². The van der Waals surface area contributed by atoms with E-state index < -0.39 is 17.9 Å². The number of esters is 1. The van der Waals surface area contributed by atoms with Crippen LogP contribution in [0.15, 0.2) is 41.0 Å². The van der Waals surface area contributed by atoms with Crippen molar-refractivity contribution in [1.29, 1.82) is 0 Å². The van der Waals surface area contributed by atoms with Gasteiger partial charge in [0.05, 0.1) is 11.3 Å². The normalized spacial score (nSPS) is 16.0. The second-order valence-corrected chi connectivity index (χ2v) is 6.14. The van der Waals surface area contributed by atoms with Gasteiger partial charge in [-0.15, -0.1) is 0 Å². The first-order valence-corrected chi connectivity index (χ1v) is 8.05. The molecule has 1 aliphatic rings. The molecule has 0 saturated carbocycles. The Morgan fingerprint density at radius 3 is 2.76 bits per heavy atom. The highest BCUT2D eigenvalue weighted by Crippen LogP contribution is 2.38. The molecular weight excluding hydrogens is 370 g/mol. The van der Waals surface area contributed by atoms with Gasteiger partial charge in [0.1, 0.15) is 28.9 Å². The van der Waals surface area contributed by atoms with Gasteiger partial charge >= 0.3 is 5.97 Å². The zero-order chi connectivity index (χ0) is 17.6. The van der Waals surface area contributed by atoms with Crippen LogP contribution >= 0.6 is 23.2 Å². The zero-order valence-electron chi connectivity index (χ0n) is 12.5. The van der Waals surface area contributed by atoms with Crippen LogP contribution in [-0.2, 0) is 11.2 Å². The minimum atomic E-state index is -0.787. The molecule has 0 spiro atoms. The Morgan fingerprint density at radius 1 is 1.16 bits per heavy atom. The summed E-state index contributed by atoms with van der Waals surface area (Å²) in [4.78, 5) is 20.5. The van der Waals surface area contributed by atoms with Crippen molar-refractivity contribution < 1.29 is 18.3 Å². The molecule has 3 aromatic rings. The maximum Gasteiger partial charge on any atom is 0.343 e. The van der Waals surface area contributed by atoms with Crippen molar-refractivity contribution in [3.05, 3.63) is 69.5 Å². The van der Waals surface area contributed by atoms with Gasteiger partial charge in [-0.1, -0.05) is 23.7 Å². The first-order valence-electron chi connectivity index (χ1n) is 7.29. The SMILES string of the molecule is O=C1OC(Cc2cccc(Cl)c2F)c2nc(Cl)nc(-c3ccco3)c21. The van der Waals surface area contributed by atoms with Gasteiger partial charge in [0.15, 0.2) is 5.76 Å². The number of carbonyl (C=O) groups excluding carboxylic acids is 1. The third kappa shape index (κ3) is 2.77. The number of rotatable bonds is 3. The van der Waals surface area contributed by atoms with Crippen molar-refractivity contribution in [2.45, 2.75) is 12.5 Å². The lowest BCUT2D eigenvalue weighted by Gasteiger charge is -2.11. The number of benzene rings is 1. The van der Waals surface area contributed by atoms with E-state index in [1.54, 1.807) is 24.3 Å². The summed E-state index contributed by atoms with van der Waals surface area (Å²) in [7, 11) is 0. The highest BCUT2D eigenvalue weighted by atomic mass is 35.5. The first kappa shape index (κ1) is 16.1. The van der Waals surface area contributed by atoms with E-state index in [0.717, 1.165) is 0 Å². The second kappa shape index (κ2) is 6.13. The summed E-state index contributed by atoms with van der Waals surface area (Å²) in [6.07, 6.45) is 0.747. The van der Waals surface area contributed by atoms with Crippen LogP contribution in [0.2, 0.25) is 10.3 Å². The molecule has 0 amide bonds. The number of hydrogen-bond acceptors (Lipinski definition) is 5. The van der Waals surface area contributed by atoms with Gasteiger partial charge in [-0.25, -0.2) is 19.2 Å². The number of ether oxygens (including phenoxy) is 1. The quantitative estimate of drug-likeness (QED) is 0.490. The van der Waals surface area contributed by atoms with Crippen LogP contribution < -0.4 is 0 Å². The largest absolute Gasteiger partial charge is 0.463 e. The van der Waals surface area contributed by atoms with Crippen LogP contribution in [0.5, 0.6) is 0 Å². The van der Waals surface area contributed by atoms with Crippen LogP contribution in [-0.4, -0.2) is 15.9 Å². The molecule has 3 heterocycles. The molecule has 0 saturated heterocycles. The van der Waals surface area contributed by atoms with Crippen LogP contribution in [0, 0.1) is 5.82 Å². The summed E-state index contributed by atoms with van der Waals surface area (Å²) in [5, 5.41) is -0.0564. The van der Waals surface area contributed by atoms with Crippen LogP contribution in [0.4, 0.5) is 4.39 Å². The molecule has 0 N–H and O–H groups in total. The number of cyclic esters (lactones) is 1. The number of fused-ring (bicyclic) bond motifs is 1. The van der Waals surface area contributed by atoms with E-state index >= 15 is 0 Å². The molecule has 5 nitrogen and oxygen atoms in total. The average Bonchev–Trinajstić information content (AvgIpc) is 3.20. The molecule has 126 valence electrons. The van der Waals surface area contributed by atoms with Crippen molar-refractivity contribution in [2.75, 3.05) is 0 Å². The van der Waals surface area contributed by atoms with E-state index in [2.05, 4.69) is 9.97 Å². The molecule has 1 aromatic carbocycles. The Labute approximate surface area is 151 Å². The molecule has 2 aromatic heterocycles. The Morgan fingerprint density at radius 2 is 2.00 bits per heavy atom. The average molecular weight is 379 g/mol. The molecule has 1 unspecified atom stereocenters. The predicted molar refractivity (Wildman–Crippen MR) is 88.0 cm³/mol. The number of hydrogen-bond donors (Lipinski definition) is 0. The molecule has 25 heavy (non-hydrogen) atoms. The summed E-state index contributed by atoms with van der Waals surface area (Å²) in [5.41, 5.74) is 1.04. The van der Waals surface area contributed by atoms with Gasteiger partial charge in [0, 0.05) is 6.42 Å². The van der Waals surface area contributed by atoms with Crippen molar-refractivity contribution >= 4 is 29.2 Å². The number of furan rings is 1. The molecular formula is C17H9Cl2FN2O3. The van der Waals surface area contributed by atoms with Crippen LogP contribution in [0.3, 0.4) is 0 Å². The lowest BCUT2D eigenvalue weighted by molar-refractivity contribution is 0.0381. The zero-order valence-corrected chi connectivity index (χ0v) is 14.0. The highest BCUT2D eigenvalue weighted by molar-refractivity contribution is 6.30. The number of aromatic nitrogens is 2. The van der Waals surface area contributed by atoms with Gasteiger partial charge in [-0.3, -0.25) is 0 Å². The fraction of sp³-hybridized carbons (Fsp3) is 0.118. The third-order valence-corrected chi connectivity index (χ3v) is 4.32. The van der Waals surface area contributed by atoms with Crippen molar-refractivity contribution in [3.63, 3.8) is 0 Å². The van der Waals surface area contributed by atoms with Crippen molar-refractivity contribution in [1.82, 2.24) is 9.97 Å². The summed E-state index contributed by atoms with van der Waals surface area (Å²) in [6.45, 7) is 0. The minimum absolute atomic E-state index is 0.000888. The smallest absolute Gasteiger partial charge is 0.343 e. The van der Waals surface area contributed by atoms with Crippen LogP contribution in [0.25, 0.3) is 11.5 Å².